The quantitative estimate of drug-likeness (QED) is 0.686. The second-order valence-corrected chi connectivity index (χ2v) is 6.19. The Kier molecular flexibility index (Phi) is 5.56. The third kappa shape index (κ3) is 4.51. The van der Waals surface area contributed by atoms with Gasteiger partial charge in [0.15, 0.2) is 5.16 Å². The van der Waals surface area contributed by atoms with Gasteiger partial charge in [0.25, 0.3) is 0 Å². The number of hydrogen-bond donors (Lipinski definition) is 2. The predicted octanol–water partition coefficient (Wildman–Crippen LogP) is 0.0430. The molecule has 25 heavy (non-hydrogen) atoms. The van der Waals surface area contributed by atoms with Gasteiger partial charge in [-0.1, -0.05) is 11.8 Å². The fourth-order valence-electron chi connectivity index (χ4n) is 2.39. The van der Waals surface area contributed by atoms with Crippen molar-refractivity contribution in [1.29, 1.82) is 0 Å². The molecule has 1 aliphatic rings. The van der Waals surface area contributed by atoms with Crippen LogP contribution in [0.15, 0.2) is 28.0 Å². The van der Waals surface area contributed by atoms with Crippen molar-refractivity contribution < 1.29 is 18.7 Å². The van der Waals surface area contributed by atoms with Crippen molar-refractivity contribution in [2.75, 3.05) is 37.0 Å². The molecule has 0 aliphatic carbocycles. The molecule has 1 fully saturated rings. The van der Waals surface area contributed by atoms with Crippen molar-refractivity contribution in [1.82, 2.24) is 20.1 Å². The first-order chi connectivity index (χ1) is 12.1. The molecule has 0 aromatic carbocycles. The Hall–Kier alpha value is -2.53. The van der Waals surface area contributed by atoms with Gasteiger partial charge in [-0.15, -0.1) is 10.2 Å². The zero-order chi connectivity index (χ0) is 17.6. The SMILES string of the molecule is NC(=O)NC(=O)CSc1nnc(N2CCOCC2)n1Cc1ccco1. The first kappa shape index (κ1) is 17.3. The molecule has 134 valence electrons. The topological polar surface area (TPSA) is 129 Å². The Morgan fingerprint density at radius 3 is 2.80 bits per heavy atom. The van der Waals surface area contributed by atoms with Crippen molar-refractivity contribution in [3.8, 4) is 0 Å². The third-order valence-electron chi connectivity index (χ3n) is 3.48. The Morgan fingerprint density at radius 1 is 1.32 bits per heavy atom. The normalized spacial score (nSPS) is 14.5. The standard InChI is InChI=1S/C14H18N6O4S/c15-12(22)16-11(21)9-25-14-18-17-13(19-3-6-23-7-4-19)20(14)8-10-2-1-5-24-10/h1-2,5H,3-4,6-9H2,(H3,15,16,21,22). The molecule has 3 rings (SSSR count). The Bertz CT molecular complexity index is 726. The summed E-state index contributed by atoms with van der Waals surface area (Å²) in [6.45, 7) is 3.10. The second-order valence-electron chi connectivity index (χ2n) is 5.25. The molecular formula is C14H18N6O4S. The van der Waals surface area contributed by atoms with E-state index in [-0.39, 0.29) is 5.75 Å². The molecule has 0 bridgehead atoms. The van der Waals surface area contributed by atoms with Crippen LogP contribution in [0.2, 0.25) is 0 Å². The van der Waals surface area contributed by atoms with Crippen LogP contribution in [0.5, 0.6) is 0 Å². The number of nitrogens with two attached hydrogens (primary N) is 1. The minimum absolute atomic E-state index is 0.00232. The largest absolute Gasteiger partial charge is 0.467 e. The summed E-state index contributed by atoms with van der Waals surface area (Å²) in [7, 11) is 0. The van der Waals surface area contributed by atoms with Crippen molar-refractivity contribution >= 4 is 29.6 Å². The van der Waals surface area contributed by atoms with Crippen molar-refractivity contribution in [3.05, 3.63) is 24.2 Å². The van der Waals surface area contributed by atoms with Crippen LogP contribution in [0.4, 0.5) is 10.7 Å². The van der Waals surface area contributed by atoms with Gasteiger partial charge in [0.1, 0.15) is 5.76 Å². The second kappa shape index (κ2) is 8.03. The summed E-state index contributed by atoms with van der Waals surface area (Å²) >= 11 is 1.17. The summed E-state index contributed by atoms with van der Waals surface area (Å²) < 4.78 is 12.7. The fourth-order valence-corrected chi connectivity index (χ4v) is 3.12. The summed E-state index contributed by atoms with van der Waals surface area (Å²) in [6, 6.07) is 2.79. The number of ether oxygens (including phenoxy) is 1. The van der Waals surface area contributed by atoms with Gasteiger partial charge < -0.3 is 19.8 Å². The van der Waals surface area contributed by atoms with Crippen LogP contribution in [-0.2, 0) is 16.1 Å². The van der Waals surface area contributed by atoms with E-state index < -0.39 is 11.9 Å². The van der Waals surface area contributed by atoms with Crippen LogP contribution in [0.1, 0.15) is 5.76 Å². The monoisotopic (exact) mass is 366 g/mol. The van der Waals surface area contributed by atoms with E-state index in [2.05, 4.69) is 15.1 Å². The molecule has 0 spiro atoms. The van der Waals surface area contributed by atoms with Crippen molar-refractivity contribution in [3.63, 3.8) is 0 Å². The summed E-state index contributed by atoms with van der Waals surface area (Å²) in [5.41, 5.74) is 4.94. The van der Waals surface area contributed by atoms with Gasteiger partial charge >= 0.3 is 6.03 Å². The van der Waals surface area contributed by atoms with Gasteiger partial charge in [0.05, 0.1) is 31.8 Å². The molecular weight excluding hydrogens is 348 g/mol. The van der Waals surface area contributed by atoms with E-state index in [1.54, 1.807) is 12.3 Å². The zero-order valence-corrected chi connectivity index (χ0v) is 14.2. The number of furan rings is 1. The first-order valence-electron chi connectivity index (χ1n) is 7.64. The highest BCUT2D eigenvalue weighted by Crippen LogP contribution is 2.24. The average molecular weight is 366 g/mol. The van der Waals surface area contributed by atoms with Crippen LogP contribution in [0.3, 0.4) is 0 Å². The van der Waals surface area contributed by atoms with E-state index in [9.17, 15) is 9.59 Å². The number of urea groups is 1. The van der Waals surface area contributed by atoms with Crippen LogP contribution in [0, 0.1) is 0 Å². The number of morpholine rings is 1. The molecule has 0 atom stereocenters. The molecule has 1 aliphatic heterocycles. The van der Waals surface area contributed by atoms with E-state index in [0.717, 1.165) is 5.76 Å². The van der Waals surface area contributed by atoms with Crippen LogP contribution in [-0.4, -0.2) is 58.8 Å². The molecule has 3 heterocycles. The van der Waals surface area contributed by atoms with Gasteiger partial charge in [0, 0.05) is 13.1 Å². The van der Waals surface area contributed by atoms with Gasteiger partial charge in [-0.2, -0.15) is 0 Å². The minimum atomic E-state index is -0.878. The highest BCUT2D eigenvalue weighted by Gasteiger charge is 2.22. The Balaban J connectivity index is 1.77. The van der Waals surface area contributed by atoms with E-state index in [4.69, 9.17) is 14.9 Å². The molecule has 0 saturated carbocycles. The smallest absolute Gasteiger partial charge is 0.318 e. The molecule has 3 N–H and O–H groups in total. The molecule has 1 saturated heterocycles. The lowest BCUT2D eigenvalue weighted by Gasteiger charge is -2.27. The number of imide groups is 1. The lowest BCUT2D eigenvalue weighted by molar-refractivity contribution is -0.117. The third-order valence-corrected chi connectivity index (χ3v) is 4.45. The summed E-state index contributed by atoms with van der Waals surface area (Å²) in [4.78, 5) is 24.4. The molecule has 3 amide bonds. The summed E-state index contributed by atoms with van der Waals surface area (Å²) in [5, 5.41) is 11.0. The number of carbonyl (C=O) groups excluding carboxylic acids is 2. The van der Waals surface area contributed by atoms with Crippen LogP contribution < -0.4 is 16.0 Å². The number of nitrogens with zero attached hydrogens (tertiary/aromatic N) is 4. The summed E-state index contributed by atoms with van der Waals surface area (Å²) in [6.07, 6.45) is 1.60. The number of rotatable bonds is 6. The van der Waals surface area contributed by atoms with Gasteiger partial charge in [0.2, 0.25) is 11.9 Å². The predicted molar refractivity (Wildman–Crippen MR) is 89.3 cm³/mol. The average Bonchev–Trinajstić information content (AvgIpc) is 3.24. The zero-order valence-electron chi connectivity index (χ0n) is 13.4. The molecule has 11 heteroatoms. The minimum Gasteiger partial charge on any atom is -0.467 e. The summed E-state index contributed by atoms with van der Waals surface area (Å²) in [5.74, 6) is 0.954. The number of amides is 3. The number of nitrogens with one attached hydrogen (secondary N) is 1. The maximum absolute atomic E-state index is 11.6. The lowest BCUT2D eigenvalue weighted by atomic mass is 10.4. The van der Waals surface area contributed by atoms with Crippen LogP contribution >= 0.6 is 11.8 Å². The number of hydrogen-bond acceptors (Lipinski definition) is 8. The highest BCUT2D eigenvalue weighted by molar-refractivity contribution is 7.99. The van der Waals surface area contributed by atoms with E-state index in [1.807, 2.05) is 16.0 Å². The Labute approximate surface area is 147 Å². The number of aromatic nitrogens is 3. The first-order valence-corrected chi connectivity index (χ1v) is 8.62. The van der Waals surface area contributed by atoms with Crippen molar-refractivity contribution in [2.24, 2.45) is 5.73 Å². The van der Waals surface area contributed by atoms with Crippen molar-refractivity contribution in [2.45, 2.75) is 11.7 Å². The van der Waals surface area contributed by atoms with E-state index >= 15 is 0 Å². The van der Waals surface area contributed by atoms with Gasteiger partial charge in [-0.3, -0.25) is 14.7 Å². The molecule has 2 aromatic rings. The number of carbonyl (C=O) groups is 2. The molecule has 10 nitrogen and oxygen atoms in total. The maximum Gasteiger partial charge on any atom is 0.318 e. The van der Waals surface area contributed by atoms with Crippen LogP contribution in [0.25, 0.3) is 0 Å². The molecule has 0 radical (unpaired) electrons. The maximum atomic E-state index is 11.6. The van der Waals surface area contributed by atoms with E-state index in [1.165, 1.54) is 11.8 Å². The number of primary amides is 1. The van der Waals surface area contributed by atoms with Gasteiger partial charge in [-0.25, -0.2) is 4.79 Å². The lowest BCUT2D eigenvalue weighted by Crippen LogP contribution is -2.38. The Morgan fingerprint density at radius 2 is 2.12 bits per heavy atom. The fraction of sp³-hybridized carbons (Fsp3) is 0.429. The van der Waals surface area contributed by atoms with Gasteiger partial charge in [-0.05, 0) is 12.1 Å². The highest BCUT2D eigenvalue weighted by atomic mass is 32.2. The molecule has 2 aromatic heterocycles. The number of thioether (sulfide) groups is 1. The molecule has 0 unspecified atom stereocenters. The van der Waals surface area contributed by atoms with E-state index in [0.29, 0.717) is 44.0 Å². The number of anilines is 1.